The zero-order valence-corrected chi connectivity index (χ0v) is 14.3. The van der Waals surface area contributed by atoms with Crippen LogP contribution in [-0.2, 0) is 5.41 Å². The number of likely N-dealkylation sites (tertiary alicyclic amines) is 1. The van der Waals surface area contributed by atoms with Gasteiger partial charge in [-0.05, 0) is 67.4 Å². The highest BCUT2D eigenvalue weighted by atomic mass is 35.5. The molecule has 1 aliphatic heterocycles. The molecule has 2 rings (SSSR count). The second-order valence-electron chi connectivity index (χ2n) is 7.43. The lowest BCUT2D eigenvalue weighted by Crippen LogP contribution is -2.46. The molecule has 0 radical (unpaired) electrons. The van der Waals surface area contributed by atoms with Crippen LogP contribution in [0.15, 0.2) is 24.3 Å². The van der Waals surface area contributed by atoms with Crippen LogP contribution in [-0.4, -0.2) is 25.0 Å². The van der Waals surface area contributed by atoms with Crippen LogP contribution < -0.4 is 0 Å². The van der Waals surface area contributed by atoms with Crippen molar-refractivity contribution in [3.8, 4) is 0 Å². The van der Waals surface area contributed by atoms with Gasteiger partial charge >= 0.3 is 0 Å². The van der Waals surface area contributed by atoms with E-state index in [1.54, 1.807) is 0 Å². The molecule has 0 unspecified atom stereocenters. The molecule has 20 heavy (non-hydrogen) atoms. The molecule has 1 saturated heterocycles. The first kappa shape index (κ1) is 15.9. The molecule has 1 heterocycles. The maximum atomic E-state index is 6.04. The second kappa shape index (κ2) is 5.69. The molecule has 1 aromatic rings. The molecular formula is C18H28ClN. The number of hydrogen-bond donors (Lipinski definition) is 0. The number of benzene rings is 1. The zero-order valence-electron chi connectivity index (χ0n) is 13.5. The number of piperidine rings is 1. The van der Waals surface area contributed by atoms with E-state index in [1.807, 2.05) is 12.1 Å². The fraction of sp³-hybridized carbons (Fsp3) is 0.667. The minimum Gasteiger partial charge on any atom is -0.306 e. The molecule has 1 aliphatic rings. The first-order valence-electron chi connectivity index (χ1n) is 7.70. The van der Waals surface area contributed by atoms with E-state index in [2.05, 4.69) is 51.8 Å². The van der Waals surface area contributed by atoms with Crippen LogP contribution in [0.3, 0.4) is 0 Å². The zero-order chi connectivity index (χ0) is 15.0. The Balaban J connectivity index is 2.24. The van der Waals surface area contributed by atoms with Crippen molar-refractivity contribution in [1.82, 2.24) is 4.90 Å². The van der Waals surface area contributed by atoms with Crippen molar-refractivity contribution in [2.75, 3.05) is 20.1 Å². The van der Waals surface area contributed by atoms with Crippen LogP contribution in [0.25, 0.3) is 0 Å². The molecule has 0 spiro atoms. The summed E-state index contributed by atoms with van der Waals surface area (Å²) in [5, 5.41) is 0.821. The van der Waals surface area contributed by atoms with Crippen LogP contribution in [0, 0.1) is 11.3 Å². The van der Waals surface area contributed by atoms with Gasteiger partial charge in [-0.2, -0.15) is 0 Å². The number of rotatable bonds is 3. The molecule has 112 valence electrons. The summed E-state index contributed by atoms with van der Waals surface area (Å²) in [5.41, 5.74) is 1.83. The molecule has 0 aliphatic carbocycles. The van der Waals surface area contributed by atoms with Crippen molar-refractivity contribution < 1.29 is 0 Å². The first-order chi connectivity index (χ1) is 9.25. The molecule has 0 amide bonds. The fourth-order valence-electron chi connectivity index (χ4n) is 3.48. The number of halogens is 1. The summed E-state index contributed by atoms with van der Waals surface area (Å²) in [6.45, 7) is 12.1. The third-order valence-corrected chi connectivity index (χ3v) is 6.17. The standard InChI is InChI=1S/C18H28ClN/c1-17(2,14-6-8-16(19)9-7-14)18(3,4)15-10-12-20(5)13-11-15/h6-9,15H,10-13H2,1-5H3. The van der Waals surface area contributed by atoms with Crippen LogP contribution in [0.1, 0.15) is 46.1 Å². The van der Waals surface area contributed by atoms with Gasteiger partial charge in [0.2, 0.25) is 0 Å². The predicted octanol–water partition coefficient (Wildman–Crippen LogP) is 4.99. The molecular weight excluding hydrogens is 266 g/mol. The molecule has 0 atom stereocenters. The van der Waals surface area contributed by atoms with Crippen LogP contribution in [0.2, 0.25) is 5.02 Å². The van der Waals surface area contributed by atoms with E-state index in [0.717, 1.165) is 10.9 Å². The molecule has 1 aromatic carbocycles. The van der Waals surface area contributed by atoms with Gasteiger partial charge in [0.1, 0.15) is 0 Å². The quantitative estimate of drug-likeness (QED) is 0.759. The van der Waals surface area contributed by atoms with Crippen molar-refractivity contribution in [2.45, 2.75) is 46.0 Å². The summed E-state index contributed by atoms with van der Waals surface area (Å²) in [4.78, 5) is 2.45. The maximum absolute atomic E-state index is 6.04. The molecule has 2 heteroatoms. The Morgan fingerprint density at radius 2 is 1.50 bits per heavy atom. The van der Waals surface area contributed by atoms with Crippen molar-refractivity contribution in [2.24, 2.45) is 11.3 Å². The van der Waals surface area contributed by atoms with Crippen molar-refractivity contribution >= 4 is 11.6 Å². The number of hydrogen-bond acceptors (Lipinski definition) is 1. The van der Waals surface area contributed by atoms with Gasteiger partial charge in [0.15, 0.2) is 0 Å². The normalized spacial score (nSPS) is 19.3. The van der Waals surface area contributed by atoms with E-state index < -0.39 is 0 Å². The Labute approximate surface area is 129 Å². The van der Waals surface area contributed by atoms with Gasteiger partial charge in [-0.1, -0.05) is 51.4 Å². The summed E-state index contributed by atoms with van der Waals surface area (Å²) < 4.78 is 0. The van der Waals surface area contributed by atoms with Gasteiger partial charge in [0.05, 0.1) is 0 Å². The average molecular weight is 294 g/mol. The molecule has 1 nitrogen and oxygen atoms in total. The lowest BCUT2D eigenvalue weighted by Gasteiger charge is -2.50. The number of nitrogens with zero attached hydrogens (tertiary/aromatic N) is 1. The molecule has 0 aromatic heterocycles. The highest BCUT2D eigenvalue weighted by Gasteiger charge is 2.44. The monoisotopic (exact) mass is 293 g/mol. The van der Waals surface area contributed by atoms with Gasteiger partial charge in [-0.3, -0.25) is 0 Å². The summed E-state index contributed by atoms with van der Waals surface area (Å²) in [5.74, 6) is 0.782. The first-order valence-corrected chi connectivity index (χ1v) is 8.07. The predicted molar refractivity (Wildman–Crippen MR) is 88.5 cm³/mol. The highest BCUT2D eigenvalue weighted by molar-refractivity contribution is 6.30. The Hall–Kier alpha value is -0.530. The van der Waals surface area contributed by atoms with Gasteiger partial charge in [-0.15, -0.1) is 0 Å². The van der Waals surface area contributed by atoms with Crippen LogP contribution >= 0.6 is 11.6 Å². The van der Waals surface area contributed by atoms with Gasteiger partial charge in [-0.25, -0.2) is 0 Å². The van der Waals surface area contributed by atoms with E-state index in [9.17, 15) is 0 Å². The Bertz CT molecular complexity index is 439. The second-order valence-corrected chi connectivity index (χ2v) is 7.87. The maximum Gasteiger partial charge on any atom is 0.0406 e. The minimum atomic E-state index is 0.151. The highest BCUT2D eigenvalue weighted by Crippen LogP contribution is 2.49. The summed E-state index contributed by atoms with van der Waals surface area (Å²) in [6, 6.07) is 8.42. The summed E-state index contributed by atoms with van der Waals surface area (Å²) in [7, 11) is 2.23. The largest absolute Gasteiger partial charge is 0.306 e. The van der Waals surface area contributed by atoms with Crippen LogP contribution in [0.5, 0.6) is 0 Å². The lowest BCUT2D eigenvalue weighted by molar-refractivity contribution is 0.0526. The van der Waals surface area contributed by atoms with E-state index >= 15 is 0 Å². The van der Waals surface area contributed by atoms with E-state index in [1.165, 1.54) is 31.5 Å². The third kappa shape index (κ3) is 2.89. The summed E-state index contributed by atoms with van der Waals surface area (Å²) in [6.07, 6.45) is 2.61. The fourth-order valence-corrected chi connectivity index (χ4v) is 3.61. The molecule has 0 N–H and O–H groups in total. The smallest absolute Gasteiger partial charge is 0.0406 e. The van der Waals surface area contributed by atoms with Crippen LogP contribution in [0.4, 0.5) is 0 Å². The lowest BCUT2D eigenvalue weighted by atomic mass is 9.56. The van der Waals surface area contributed by atoms with Gasteiger partial charge in [0, 0.05) is 5.02 Å². The Morgan fingerprint density at radius 3 is 2.00 bits per heavy atom. The van der Waals surface area contributed by atoms with Crippen molar-refractivity contribution in [3.63, 3.8) is 0 Å². The molecule has 0 saturated carbocycles. The summed E-state index contributed by atoms with van der Waals surface area (Å²) >= 11 is 6.04. The van der Waals surface area contributed by atoms with Gasteiger partial charge < -0.3 is 4.90 Å². The molecule has 1 fully saturated rings. The SMILES string of the molecule is CN1CCC(C(C)(C)C(C)(C)c2ccc(Cl)cc2)CC1. The minimum absolute atomic E-state index is 0.151. The van der Waals surface area contributed by atoms with Crippen molar-refractivity contribution in [3.05, 3.63) is 34.9 Å². The van der Waals surface area contributed by atoms with Gasteiger partial charge in [0.25, 0.3) is 0 Å². The van der Waals surface area contributed by atoms with E-state index in [0.29, 0.717) is 0 Å². The van der Waals surface area contributed by atoms with Crippen molar-refractivity contribution in [1.29, 1.82) is 0 Å². The topological polar surface area (TPSA) is 3.24 Å². The average Bonchev–Trinajstić information content (AvgIpc) is 2.39. The third-order valence-electron chi connectivity index (χ3n) is 5.92. The molecule has 0 bridgehead atoms. The van der Waals surface area contributed by atoms with E-state index in [4.69, 9.17) is 11.6 Å². The van der Waals surface area contributed by atoms with E-state index in [-0.39, 0.29) is 10.8 Å². The Morgan fingerprint density at radius 1 is 1.00 bits per heavy atom. The Kier molecular flexibility index (Phi) is 4.51.